The SMILES string of the molecule is CCC1(C)C2CC(O)C3(CSN4CCN(c5ccc(C(F)(F)F)cn5)C(C)C4)CCC213. The normalized spacial score (nSPS) is 42.2. The van der Waals surface area contributed by atoms with Crippen LogP contribution in [0.3, 0.4) is 0 Å². The Balaban J connectivity index is 1.21. The second-order valence-electron chi connectivity index (χ2n) is 10.3. The Morgan fingerprint density at radius 3 is 2.58 bits per heavy atom. The van der Waals surface area contributed by atoms with E-state index >= 15 is 0 Å². The summed E-state index contributed by atoms with van der Waals surface area (Å²) in [6.45, 7) is 9.24. The zero-order chi connectivity index (χ0) is 22.2. The van der Waals surface area contributed by atoms with E-state index in [0.717, 1.165) is 50.5 Å². The van der Waals surface area contributed by atoms with Crippen molar-refractivity contribution in [3.05, 3.63) is 23.9 Å². The highest BCUT2D eigenvalue weighted by Crippen LogP contribution is 2.91. The molecule has 2 heterocycles. The Morgan fingerprint density at radius 2 is 2.03 bits per heavy atom. The van der Waals surface area contributed by atoms with Crippen molar-refractivity contribution in [3.8, 4) is 0 Å². The maximum atomic E-state index is 12.8. The molecule has 3 saturated carbocycles. The topological polar surface area (TPSA) is 39.6 Å². The lowest BCUT2D eigenvalue weighted by molar-refractivity contribution is -0.137. The fourth-order valence-corrected chi connectivity index (χ4v) is 9.04. The summed E-state index contributed by atoms with van der Waals surface area (Å²) in [4.78, 5) is 6.17. The molecule has 0 amide bonds. The van der Waals surface area contributed by atoms with Gasteiger partial charge in [-0.1, -0.05) is 25.8 Å². The van der Waals surface area contributed by atoms with Crippen molar-refractivity contribution < 1.29 is 18.3 Å². The molecule has 6 atom stereocenters. The molecule has 1 aromatic heterocycles. The van der Waals surface area contributed by atoms with Crippen LogP contribution >= 0.6 is 11.9 Å². The number of pyridine rings is 1. The van der Waals surface area contributed by atoms with Crippen LogP contribution in [0.2, 0.25) is 0 Å². The first kappa shape index (κ1) is 21.8. The molecule has 1 saturated heterocycles. The molecular weight excluding hydrogens is 423 g/mol. The number of hydrogen-bond donors (Lipinski definition) is 1. The summed E-state index contributed by atoms with van der Waals surface area (Å²) in [5.41, 5.74) is 0.131. The van der Waals surface area contributed by atoms with Crippen LogP contribution < -0.4 is 4.90 Å². The van der Waals surface area contributed by atoms with E-state index in [1.165, 1.54) is 18.9 Å². The molecule has 0 bridgehead atoms. The van der Waals surface area contributed by atoms with Crippen molar-refractivity contribution in [2.45, 2.75) is 64.8 Å². The Morgan fingerprint density at radius 1 is 1.26 bits per heavy atom. The van der Waals surface area contributed by atoms with Crippen molar-refractivity contribution in [1.82, 2.24) is 9.29 Å². The molecule has 4 nitrogen and oxygen atoms in total. The van der Waals surface area contributed by atoms with Gasteiger partial charge >= 0.3 is 6.18 Å². The van der Waals surface area contributed by atoms with Gasteiger partial charge in [-0.05, 0) is 61.5 Å². The minimum absolute atomic E-state index is 0.0719. The number of halogens is 3. The highest BCUT2D eigenvalue weighted by molar-refractivity contribution is 7.97. The molecule has 6 unspecified atom stereocenters. The summed E-state index contributed by atoms with van der Waals surface area (Å²) < 4.78 is 40.8. The van der Waals surface area contributed by atoms with Gasteiger partial charge in [0.15, 0.2) is 0 Å². The zero-order valence-electron chi connectivity index (χ0n) is 18.5. The zero-order valence-corrected chi connectivity index (χ0v) is 19.3. The smallest absolute Gasteiger partial charge is 0.392 e. The molecule has 4 fully saturated rings. The molecule has 0 aromatic carbocycles. The van der Waals surface area contributed by atoms with Crippen LogP contribution in [0.5, 0.6) is 0 Å². The summed E-state index contributed by atoms with van der Waals surface area (Å²) in [5, 5.41) is 10.9. The van der Waals surface area contributed by atoms with Crippen molar-refractivity contribution in [1.29, 1.82) is 0 Å². The van der Waals surface area contributed by atoms with Crippen molar-refractivity contribution in [2.24, 2.45) is 22.2 Å². The van der Waals surface area contributed by atoms with Crippen LogP contribution in [0.15, 0.2) is 18.3 Å². The van der Waals surface area contributed by atoms with Crippen molar-refractivity contribution in [3.63, 3.8) is 0 Å². The maximum Gasteiger partial charge on any atom is 0.417 e. The van der Waals surface area contributed by atoms with Crippen LogP contribution in [-0.2, 0) is 6.18 Å². The number of rotatable bonds is 5. The molecule has 5 rings (SSSR count). The standard InChI is InChI=1S/C23H32F3N3OS/c1-4-20(3)17-11-18(30)21(7-8-22(17,20)21)14-31-28-9-10-29(15(2)13-28)19-6-5-16(12-27-19)23(24,25)26/h5-6,12,15,17-18,30H,4,7-11,13-14H2,1-3H3. The van der Waals surface area contributed by atoms with Gasteiger partial charge in [0, 0.05) is 43.0 Å². The first-order valence-electron chi connectivity index (χ1n) is 11.4. The van der Waals surface area contributed by atoms with E-state index in [-0.39, 0.29) is 17.6 Å². The third-order valence-corrected chi connectivity index (χ3v) is 10.8. The van der Waals surface area contributed by atoms with Gasteiger partial charge in [-0.2, -0.15) is 13.2 Å². The van der Waals surface area contributed by atoms with Gasteiger partial charge in [0.25, 0.3) is 0 Å². The van der Waals surface area contributed by atoms with Gasteiger partial charge < -0.3 is 10.0 Å². The van der Waals surface area contributed by atoms with E-state index in [1.54, 1.807) is 0 Å². The molecule has 3 aliphatic carbocycles. The van der Waals surface area contributed by atoms with E-state index < -0.39 is 11.7 Å². The summed E-state index contributed by atoms with van der Waals surface area (Å²) in [6.07, 6.45) is 0.970. The molecule has 0 radical (unpaired) electrons. The second kappa shape index (κ2) is 7.00. The largest absolute Gasteiger partial charge is 0.417 e. The first-order chi connectivity index (χ1) is 14.6. The van der Waals surface area contributed by atoms with E-state index in [4.69, 9.17) is 0 Å². The number of aliphatic hydroxyl groups excluding tert-OH is 1. The maximum absolute atomic E-state index is 12.8. The summed E-state index contributed by atoms with van der Waals surface area (Å²) in [5.74, 6) is 2.27. The number of nitrogens with zero attached hydrogens (tertiary/aromatic N) is 3. The van der Waals surface area contributed by atoms with E-state index in [0.29, 0.717) is 22.6 Å². The minimum Gasteiger partial charge on any atom is -0.392 e. The molecule has 1 spiro atoms. The lowest BCUT2D eigenvalue weighted by Gasteiger charge is -2.54. The highest BCUT2D eigenvalue weighted by Gasteiger charge is 2.88. The third-order valence-electron chi connectivity index (χ3n) is 9.45. The number of piperazine rings is 1. The fraction of sp³-hybridized carbons (Fsp3) is 0.783. The lowest BCUT2D eigenvalue weighted by Crippen LogP contribution is -2.54. The fourth-order valence-electron chi connectivity index (χ4n) is 7.50. The molecule has 1 aromatic rings. The predicted molar refractivity (Wildman–Crippen MR) is 117 cm³/mol. The van der Waals surface area contributed by atoms with E-state index in [9.17, 15) is 18.3 Å². The van der Waals surface area contributed by atoms with Crippen molar-refractivity contribution in [2.75, 3.05) is 30.3 Å². The Kier molecular flexibility index (Phi) is 4.93. The molecule has 1 aliphatic heterocycles. The number of anilines is 1. The van der Waals surface area contributed by atoms with Crippen LogP contribution in [0, 0.1) is 22.2 Å². The Labute approximate surface area is 186 Å². The Bertz CT molecular complexity index is 851. The van der Waals surface area contributed by atoms with Gasteiger partial charge in [-0.3, -0.25) is 0 Å². The van der Waals surface area contributed by atoms with Gasteiger partial charge in [0.05, 0.1) is 11.7 Å². The van der Waals surface area contributed by atoms with Crippen LogP contribution in [0.25, 0.3) is 0 Å². The molecule has 31 heavy (non-hydrogen) atoms. The van der Waals surface area contributed by atoms with Crippen LogP contribution in [0.4, 0.5) is 19.0 Å². The number of alkyl halides is 3. The summed E-state index contributed by atoms with van der Waals surface area (Å²) in [6, 6.07) is 2.76. The molecule has 172 valence electrons. The average Bonchev–Trinajstić information content (AvgIpc) is 3.21. The van der Waals surface area contributed by atoms with Gasteiger partial charge in [0.2, 0.25) is 0 Å². The molecule has 4 aliphatic rings. The van der Waals surface area contributed by atoms with Gasteiger partial charge in [-0.15, -0.1) is 0 Å². The number of hydrogen-bond acceptors (Lipinski definition) is 5. The minimum atomic E-state index is -4.36. The van der Waals surface area contributed by atoms with Gasteiger partial charge in [-0.25, -0.2) is 9.29 Å². The number of aliphatic hydroxyl groups is 1. The predicted octanol–water partition coefficient (Wildman–Crippen LogP) is 4.84. The summed E-state index contributed by atoms with van der Waals surface area (Å²) >= 11 is 1.87. The van der Waals surface area contributed by atoms with Crippen LogP contribution in [0.1, 0.15) is 52.0 Å². The number of aromatic nitrogens is 1. The van der Waals surface area contributed by atoms with E-state index in [2.05, 4.69) is 35.0 Å². The monoisotopic (exact) mass is 455 g/mol. The van der Waals surface area contributed by atoms with E-state index in [1.807, 2.05) is 11.9 Å². The molecule has 1 N–H and O–H groups in total. The highest BCUT2D eigenvalue weighted by atomic mass is 32.2. The average molecular weight is 456 g/mol. The second-order valence-corrected chi connectivity index (χ2v) is 11.4. The Hall–Kier alpha value is -0.990. The summed E-state index contributed by atoms with van der Waals surface area (Å²) in [7, 11) is 0. The van der Waals surface area contributed by atoms with Gasteiger partial charge in [0.1, 0.15) is 5.82 Å². The first-order valence-corrected chi connectivity index (χ1v) is 12.4. The quantitative estimate of drug-likeness (QED) is 0.644. The molecule has 8 heteroatoms. The molecular formula is C23H32F3N3OS. The lowest BCUT2D eigenvalue weighted by atomic mass is 9.54. The van der Waals surface area contributed by atoms with Crippen LogP contribution in [-0.4, -0.2) is 51.9 Å². The third kappa shape index (κ3) is 2.86. The van der Waals surface area contributed by atoms with Crippen molar-refractivity contribution >= 4 is 17.8 Å².